The van der Waals surface area contributed by atoms with Crippen LogP contribution in [0.1, 0.15) is 71.9 Å². The number of methoxy groups -OCH3 is 1. The fraction of sp³-hybridized carbons (Fsp3) is 0.484. The van der Waals surface area contributed by atoms with Crippen molar-refractivity contribution in [2.24, 2.45) is 5.92 Å². The number of ether oxygens (including phenoxy) is 4. The number of ketones is 2. The maximum absolute atomic E-state index is 13.0. The van der Waals surface area contributed by atoms with E-state index in [0.717, 1.165) is 40.7 Å². The lowest BCUT2D eigenvalue weighted by Gasteiger charge is -2.27. The number of carbonyl (C=O) groups excluding carboxylic acids is 4. The van der Waals surface area contributed by atoms with Crippen LogP contribution in [0.3, 0.4) is 0 Å². The Morgan fingerprint density at radius 2 is 1.82 bits per heavy atom. The molecule has 2 atom stereocenters. The lowest BCUT2D eigenvalue weighted by molar-refractivity contribution is -0.147. The molecule has 9 heteroatoms. The summed E-state index contributed by atoms with van der Waals surface area (Å²) in [5.41, 5.74) is 4.17. The van der Waals surface area contributed by atoms with E-state index in [9.17, 15) is 19.2 Å². The zero-order valence-corrected chi connectivity index (χ0v) is 23.4. The van der Waals surface area contributed by atoms with Gasteiger partial charge in [-0.25, -0.2) is 9.59 Å². The van der Waals surface area contributed by atoms with Gasteiger partial charge in [0.1, 0.15) is 24.0 Å². The van der Waals surface area contributed by atoms with Gasteiger partial charge in [-0.3, -0.25) is 14.5 Å². The summed E-state index contributed by atoms with van der Waals surface area (Å²) in [6.07, 6.45) is 2.02. The normalized spacial score (nSPS) is 19.7. The molecule has 40 heavy (non-hydrogen) atoms. The lowest BCUT2D eigenvalue weighted by Crippen LogP contribution is -2.44. The number of aryl methyl sites for hydroxylation is 1. The monoisotopic (exact) mass is 549 g/mol. The minimum absolute atomic E-state index is 0.0435. The minimum Gasteiger partial charge on any atom is -0.488 e. The fourth-order valence-corrected chi connectivity index (χ4v) is 5.64. The molecule has 5 rings (SSSR count). The van der Waals surface area contributed by atoms with Crippen LogP contribution in [-0.4, -0.2) is 67.0 Å². The van der Waals surface area contributed by atoms with Gasteiger partial charge in [0.2, 0.25) is 0 Å². The first-order valence-electron chi connectivity index (χ1n) is 13.7. The van der Waals surface area contributed by atoms with Crippen molar-refractivity contribution < 1.29 is 38.1 Å². The summed E-state index contributed by atoms with van der Waals surface area (Å²) >= 11 is 0. The molecule has 0 aromatic heterocycles. The number of hydrogen-bond donors (Lipinski definition) is 0. The summed E-state index contributed by atoms with van der Waals surface area (Å²) in [5.74, 6) is -0.221. The van der Waals surface area contributed by atoms with Gasteiger partial charge in [-0.1, -0.05) is 12.1 Å². The van der Waals surface area contributed by atoms with Crippen molar-refractivity contribution in [1.82, 2.24) is 4.90 Å². The third-order valence-corrected chi connectivity index (χ3v) is 7.49. The highest BCUT2D eigenvalue weighted by Gasteiger charge is 2.42. The largest absolute Gasteiger partial charge is 0.488 e. The van der Waals surface area contributed by atoms with Crippen LogP contribution in [0.2, 0.25) is 0 Å². The van der Waals surface area contributed by atoms with Crippen molar-refractivity contribution in [3.8, 4) is 16.9 Å². The van der Waals surface area contributed by atoms with Gasteiger partial charge in [-0.05, 0) is 74.9 Å². The number of Topliss-reactive ketones (excluding diaryl/α,β-unsaturated/α-hetero) is 2. The highest BCUT2D eigenvalue weighted by Crippen LogP contribution is 2.41. The molecule has 0 saturated carbocycles. The minimum atomic E-state index is -0.853. The molecule has 1 saturated heterocycles. The topological polar surface area (TPSA) is 108 Å². The Balaban J connectivity index is 1.27. The molecule has 2 heterocycles. The molecular formula is C31H35NO8. The number of hydrogen-bond acceptors (Lipinski definition) is 8. The Morgan fingerprint density at radius 3 is 2.58 bits per heavy atom. The van der Waals surface area contributed by atoms with Crippen LogP contribution in [-0.2, 0) is 32.0 Å². The third kappa shape index (κ3) is 5.75. The van der Waals surface area contributed by atoms with E-state index in [4.69, 9.17) is 18.9 Å². The van der Waals surface area contributed by atoms with Gasteiger partial charge in [0.25, 0.3) is 0 Å². The van der Waals surface area contributed by atoms with Gasteiger partial charge >= 0.3 is 12.1 Å². The molecule has 2 aromatic rings. The lowest BCUT2D eigenvalue weighted by atomic mass is 9.86. The van der Waals surface area contributed by atoms with E-state index in [-0.39, 0.29) is 24.1 Å². The highest BCUT2D eigenvalue weighted by atomic mass is 16.6. The van der Waals surface area contributed by atoms with Gasteiger partial charge in [-0.2, -0.15) is 0 Å². The second-order valence-corrected chi connectivity index (χ2v) is 11.7. The van der Waals surface area contributed by atoms with Crippen molar-refractivity contribution >= 4 is 23.6 Å². The molecule has 0 N–H and O–H groups in total. The Bertz CT molecular complexity index is 1360. The molecule has 212 valence electrons. The number of fused-ring (bicyclic) bond motifs is 4. The Hall–Kier alpha value is -3.72. The molecule has 0 bridgehead atoms. The highest BCUT2D eigenvalue weighted by molar-refractivity contribution is 6.01. The Morgan fingerprint density at radius 1 is 1.02 bits per heavy atom. The average molecular weight is 550 g/mol. The van der Waals surface area contributed by atoms with Crippen LogP contribution in [0, 0.1) is 5.92 Å². The molecule has 0 spiro atoms. The van der Waals surface area contributed by atoms with Crippen LogP contribution < -0.4 is 4.74 Å². The number of amides is 1. The van der Waals surface area contributed by atoms with E-state index < -0.39 is 30.3 Å². The number of benzene rings is 2. The quantitative estimate of drug-likeness (QED) is 0.375. The van der Waals surface area contributed by atoms with Gasteiger partial charge in [-0.15, -0.1) is 0 Å². The number of carbonyl (C=O) groups is 4. The second kappa shape index (κ2) is 11.0. The summed E-state index contributed by atoms with van der Waals surface area (Å²) in [7, 11) is 1.57. The summed E-state index contributed by atoms with van der Waals surface area (Å²) < 4.78 is 22.1. The smallest absolute Gasteiger partial charge is 0.411 e. The Labute approximate surface area is 233 Å². The summed E-state index contributed by atoms with van der Waals surface area (Å²) in [6, 6.07) is 8.36. The maximum atomic E-state index is 13.0. The zero-order chi connectivity index (χ0) is 28.6. The van der Waals surface area contributed by atoms with Gasteiger partial charge < -0.3 is 18.9 Å². The number of likely N-dealkylation sites (tertiary alicyclic amines) is 1. The van der Waals surface area contributed by atoms with Gasteiger partial charge in [0, 0.05) is 42.7 Å². The van der Waals surface area contributed by atoms with Crippen molar-refractivity contribution in [2.75, 3.05) is 26.9 Å². The van der Waals surface area contributed by atoms with Crippen molar-refractivity contribution in [3.63, 3.8) is 0 Å². The molecule has 2 aliphatic heterocycles. The number of nitrogens with zero attached hydrogens (tertiary/aromatic N) is 1. The van der Waals surface area contributed by atoms with E-state index in [0.29, 0.717) is 37.3 Å². The number of rotatable bonds is 6. The predicted octanol–water partition coefficient (Wildman–Crippen LogP) is 4.76. The standard InChI is InChI=1S/C31H35NO8/c1-31(2,3)40-30(36)32-14-18(15-37-4)10-25(32)29(35)39-17-27(34)20-8-9-22-21(11-20)16-38-28-13-23-19(12-24(22)28)6-5-7-26(23)33/h8-9,11-13,18,25H,5-7,10,14-17H2,1-4H3/t18-,25-/m0/s1. The molecule has 0 radical (unpaired) electrons. The van der Waals surface area contributed by atoms with Crippen LogP contribution in [0.15, 0.2) is 30.3 Å². The Kier molecular flexibility index (Phi) is 7.68. The third-order valence-electron chi connectivity index (χ3n) is 7.49. The van der Waals surface area contributed by atoms with E-state index >= 15 is 0 Å². The van der Waals surface area contributed by atoms with E-state index in [1.54, 1.807) is 40.0 Å². The molecule has 3 aliphatic rings. The number of esters is 1. The molecular weight excluding hydrogens is 514 g/mol. The van der Waals surface area contributed by atoms with Crippen molar-refractivity contribution in [1.29, 1.82) is 0 Å². The molecule has 1 amide bonds. The average Bonchev–Trinajstić information content (AvgIpc) is 3.34. The van der Waals surface area contributed by atoms with Crippen LogP contribution in [0.25, 0.3) is 11.1 Å². The van der Waals surface area contributed by atoms with Gasteiger partial charge in [0.05, 0.1) is 6.61 Å². The molecule has 9 nitrogen and oxygen atoms in total. The molecule has 0 unspecified atom stereocenters. The summed E-state index contributed by atoms with van der Waals surface area (Å²) in [5, 5.41) is 0. The first-order chi connectivity index (χ1) is 19.0. The predicted molar refractivity (Wildman–Crippen MR) is 145 cm³/mol. The second-order valence-electron chi connectivity index (χ2n) is 11.7. The van der Waals surface area contributed by atoms with Crippen LogP contribution in [0.4, 0.5) is 4.79 Å². The van der Waals surface area contributed by atoms with Gasteiger partial charge in [0.15, 0.2) is 18.2 Å². The van der Waals surface area contributed by atoms with E-state index in [1.807, 2.05) is 18.2 Å². The fourth-order valence-electron chi connectivity index (χ4n) is 5.64. The first-order valence-corrected chi connectivity index (χ1v) is 13.7. The first kappa shape index (κ1) is 27.8. The van der Waals surface area contributed by atoms with E-state index in [1.165, 1.54) is 4.90 Å². The zero-order valence-electron chi connectivity index (χ0n) is 23.4. The summed E-state index contributed by atoms with van der Waals surface area (Å²) in [4.78, 5) is 52.5. The van der Waals surface area contributed by atoms with Crippen molar-refractivity contribution in [3.05, 3.63) is 52.6 Å². The van der Waals surface area contributed by atoms with Crippen LogP contribution in [0.5, 0.6) is 5.75 Å². The van der Waals surface area contributed by atoms with Crippen LogP contribution >= 0.6 is 0 Å². The maximum Gasteiger partial charge on any atom is 0.411 e. The summed E-state index contributed by atoms with van der Waals surface area (Å²) in [6.45, 7) is 5.80. The molecule has 1 aliphatic carbocycles. The SMILES string of the molecule is COC[C@H]1C[C@@H](C(=O)OCC(=O)c2ccc3c(c2)COc2cc4c(cc2-3)CCCC4=O)N(C(=O)OC(C)(C)C)C1. The molecule has 1 fully saturated rings. The van der Waals surface area contributed by atoms with Crippen molar-refractivity contribution in [2.45, 2.75) is 64.7 Å². The van der Waals surface area contributed by atoms with E-state index in [2.05, 4.69) is 0 Å². The molecule has 2 aromatic carbocycles.